The Morgan fingerprint density at radius 3 is 2.08 bits per heavy atom. The lowest BCUT2D eigenvalue weighted by atomic mass is 9.90. The molecule has 0 bridgehead atoms. The van der Waals surface area contributed by atoms with E-state index in [0.717, 1.165) is 66.0 Å². The molecule has 1 unspecified atom stereocenters. The molecule has 0 aliphatic rings. The maximum Gasteiger partial charge on any atom is 0.331 e. The van der Waals surface area contributed by atoms with E-state index in [1.165, 1.54) is 6.92 Å². The monoisotopic (exact) mass is 504 g/mol. The van der Waals surface area contributed by atoms with Crippen LogP contribution in [0.15, 0.2) is 41.6 Å². The summed E-state index contributed by atoms with van der Waals surface area (Å²) in [4.78, 5) is 43.0. The molecule has 2 aromatic carbocycles. The molecule has 0 aliphatic carbocycles. The van der Waals surface area contributed by atoms with Crippen molar-refractivity contribution in [2.75, 3.05) is 0 Å². The topological polar surface area (TPSA) is 77.7 Å². The first-order valence-electron chi connectivity index (χ1n) is 13.6. The van der Waals surface area contributed by atoms with Gasteiger partial charge < -0.3 is 9.40 Å². The minimum atomic E-state index is -0.558. The summed E-state index contributed by atoms with van der Waals surface area (Å²) < 4.78 is 2.20. The molecule has 37 heavy (non-hydrogen) atoms. The number of benzene rings is 2. The molecule has 198 valence electrons. The Morgan fingerprint density at radius 2 is 1.54 bits per heavy atom. The smallest absolute Gasteiger partial charge is 0.331 e. The molecule has 0 fully saturated rings. The lowest BCUT2D eigenvalue weighted by Gasteiger charge is -2.13. The maximum absolute atomic E-state index is 13.4. The summed E-state index contributed by atoms with van der Waals surface area (Å²) in [6, 6.07) is 11.6. The Balaban J connectivity index is 2.09. The number of fused-ring (bicyclic) bond motifs is 3. The number of oxime groups is 1. The number of Topliss-reactive ketones (excluding diaryl/α,β-unsaturated/α-hetero) is 2. The molecule has 0 radical (unpaired) electrons. The zero-order valence-electron chi connectivity index (χ0n) is 23.1. The van der Waals surface area contributed by atoms with E-state index in [2.05, 4.69) is 44.3 Å². The van der Waals surface area contributed by atoms with E-state index >= 15 is 0 Å². The summed E-state index contributed by atoms with van der Waals surface area (Å²) in [5.74, 6) is -0.223. The van der Waals surface area contributed by atoms with E-state index in [9.17, 15) is 14.4 Å². The lowest BCUT2D eigenvalue weighted by molar-refractivity contribution is -0.140. The van der Waals surface area contributed by atoms with Gasteiger partial charge in [0.2, 0.25) is 5.78 Å². The normalized spacial score (nSPS) is 12.9. The van der Waals surface area contributed by atoms with Crippen molar-refractivity contribution >= 4 is 45.1 Å². The average molecular weight is 505 g/mol. The van der Waals surface area contributed by atoms with Gasteiger partial charge in [-0.05, 0) is 74.9 Å². The molecule has 1 heterocycles. The van der Waals surface area contributed by atoms with E-state index in [0.29, 0.717) is 17.9 Å². The zero-order valence-corrected chi connectivity index (χ0v) is 23.1. The molecule has 0 saturated heterocycles. The molecule has 3 aromatic rings. The molecule has 0 N–H and O–H groups in total. The van der Waals surface area contributed by atoms with Gasteiger partial charge in [0.25, 0.3) is 0 Å². The molecular weight excluding hydrogens is 464 g/mol. The highest BCUT2D eigenvalue weighted by atomic mass is 16.7. The van der Waals surface area contributed by atoms with E-state index in [1.54, 1.807) is 6.07 Å². The van der Waals surface area contributed by atoms with Crippen LogP contribution in [0, 0.1) is 11.8 Å². The number of aromatic nitrogens is 1. The van der Waals surface area contributed by atoms with Gasteiger partial charge in [-0.3, -0.25) is 9.59 Å². The Morgan fingerprint density at radius 1 is 0.919 bits per heavy atom. The zero-order chi connectivity index (χ0) is 27.1. The van der Waals surface area contributed by atoms with Crippen molar-refractivity contribution in [2.24, 2.45) is 17.0 Å². The van der Waals surface area contributed by atoms with Crippen molar-refractivity contribution in [3.63, 3.8) is 0 Å². The first-order chi connectivity index (χ1) is 17.7. The van der Waals surface area contributed by atoms with Crippen LogP contribution in [-0.2, 0) is 16.2 Å². The van der Waals surface area contributed by atoms with Gasteiger partial charge in [-0.15, -0.1) is 0 Å². The fourth-order valence-corrected chi connectivity index (χ4v) is 4.86. The van der Waals surface area contributed by atoms with Crippen molar-refractivity contribution < 1.29 is 19.2 Å². The molecule has 0 spiro atoms. The van der Waals surface area contributed by atoms with Crippen molar-refractivity contribution in [3.05, 3.63) is 47.5 Å². The van der Waals surface area contributed by atoms with Crippen molar-refractivity contribution in [1.29, 1.82) is 0 Å². The molecular formula is C31H40N2O4. The van der Waals surface area contributed by atoms with Crippen LogP contribution in [-0.4, -0.2) is 27.8 Å². The maximum atomic E-state index is 13.4. The van der Waals surface area contributed by atoms with Crippen molar-refractivity contribution in [3.8, 4) is 0 Å². The average Bonchev–Trinajstić information content (AvgIpc) is 3.20. The van der Waals surface area contributed by atoms with Gasteiger partial charge in [-0.2, -0.15) is 0 Å². The summed E-state index contributed by atoms with van der Waals surface area (Å²) in [5, 5.41) is 5.78. The number of carbonyl (C=O) groups excluding carboxylic acids is 3. The first kappa shape index (κ1) is 28.3. The lowest BCUT2D eigenvalue weighted by Crippen LogP contribution is -2.16. The molecule has 1 atom stereocenters. The molecule has 3 rings (SSSR count). The number of hydrogen-bond donors (Lipinski definition) is 0. The van der Waals surface area contributed by atoms with Gasteiger partial charge in [0.1, 0.15) is 5.71 Å². The second kappa shape index (κ2) is 12.8. The molecule has 1 aromatic heterocycles. The third kappa shape index (κ3) is 6.54. The number of unbranched alkanes of at least 4 members (excludes halogenated alkanes) is 1. The number of carbonyl (C=O) groups is 3. The highest BCUT2D eigenvalue weighted by molar-refractivity contribution is 6.46. The van der Waals surface area contributed by atoms with E-state index < -0.39 is 5.97 Å². The van der Waals surface area contributed by atoms with Crippen molar-refractivity contribution in [1.82, 2.24) is 4.57 Å². The fourth-order valence-electron chi connectivity index (χ4n) is 4.86. The SMILES string of the molecule is CCCCC(CC)C(=O)c1ccc2c(c1)c1cc(C(=O)C(CCC(C)C)=NOC(C)=O)ccc1n2CC. The quantitative estimate of drug-likeness (QED) is 0.103. The van der Waals surface area contributed by atoms with Crippen LogP contribution >= 0.6 is 0 Å². The molecule has 6 nitrogen and oxygen atoms in total. The fraction of sp³-hybridized carbons (Fsp3) is 0.484. The Bertz CT molecular complexity index is 1320. The van der Waals surface area contributed by atoms with Gasteiger partial charge in [0.05, 0.1) is 0 Å². The first-order valence-corrected chi connectivity index (χ1v) is 13.6. The number of nitrogens with zero attached hydrogens (tertiary/aromatic N) is 2. The summed E-state index contributed by atoms with van der Waals surface area (Å²) in [6.07, 6.45) is 5.02. The standard InChI is InChI=1S/C31H40N2O4/c1-7-10-11-22(8-2)30(35)23-13-16-28-25(18-23)26-19-24(14-17-29(26)33(28)9-3)31(36)27(15-12-20(4)5)32-37-21(6)34/h13-14,16-20,22H,7-12,15H2,1-6H3. The predicted molar refractivity (Wildman–Crippen MR) is 150 cm³/mol. The van der Waals surface area contributed by atoms with Gasteiger partial charge in [0.15, 0.2) is 5.78 Å². The third-order valence-electron chi connectivity index (χ3n) is 7.00. The van der Waals surface area contributed by atoms with Crippen LogP contribution in [0.5, 0.6) is 0 Å². The van der Waals surface area contributed by atoms with Crippen LogP contribution in [0.3, 0.4) is 0 Å². The van der Waals surface area contributed by atoms with Crippen LogP contribution in [0.25, 0.3) is 21.8 Å². The third-order valence-corrected chi connectivity index (χ3v) is 7.00. The van der Waals surface area contributed by atoms with Gasteiger partial charge in [-0.25, -0.2) is 4.79 Å². The van der Waals surface area contributed by atoms with E-state index in [-0.39, 0.29) is 23.2 Å². The summed E-state index contributed by atoms with van der Waals surface area (Å²) >= 11 is 0. The number of hydrogen-bond acceptors (Lipinski definition) is 5. The van der Waals surface area contributed by atoms with Crippen LogP contribution in [0.2, 0.25) is 0 Å². The van der Waals surface area contributed by atoms with Crippen LogP contribution in [0.4, 0.5) is 0 Å². The summed E-state index contributed by atoms with van der Waals surface area (Å²) in [5.41, 5.74) is 3.49. The summed E-state index contributed by atoms with van der Waals surface area (Å²) in [7, 11) is 0. The second-order valence-corrected chi connectivity index (χ2v) is 10.2. The van der Waals surface area contributed by atoms with Gasteiger partial charge >= 0.3 is 5.97 Å². The van der Waals surface area contributed by atoms with Gasteiger partial charge in [0, 0.05) is 52.3 Å². The largest absolute Gasteiger partial charge is 0.341 e. The molecule has 6 heteroatoms. The van der Waals surface area contributed by atoms with E-state index in [4.69, 9.17) is 4.84 Å². The molecule has 0 saturated carbocycles. The molecule has 0 aliphatic heterocycles. The highest BCUT2D eigenvalue weighted by Gasteiger charge is 2.21. The number of rotatable bonds is 13. The second-order valence-electron chi connectivity index (χ2n) is 10.2. The highest BCUT2D eigenvalue weighted by Crippen LogP contribution is 2.32. The predicted octanol–water partition coefficient (Wildman–Crippen LogP) is 7.75. The Hall–Kier alpha value is -3.28. The molecule has 0 amide bonds. The van der Waals surface area contributed by atoms with Crippen molar-refractivity contribution in [2.45, 2.75) is 86.6 Å². The number of ketones is 2. The van der Waals surface area contributed by atoms with Gasteiger partial charge in [-0.1, -0.05) is 45.7 Å². The number of aryl methyl sites for hydroxylation is 1. The summed E-state index contributed by atoms with van der Waals surface area (Å²) in [6.45, 7) is 12.5. The minimum absolute atomic E-state index is 0.0232. The Kier molecular flexibility index (Phi) is 9.79. The Labute approximate surface area is 220 Å². The van der Waals surface area contributed by atoms with Crippen LogP contribution in [0.1, 0.15) is 101 Å². The minimum Gasteiger partial charge on any atom is -0.341 e. The van der Waals surface area contributed by atoms with E-state index in [1.807, 2.05) is 30.3 Å². The van der Waals surface area contributed by atoms with Crippen LogP contribution < -0.4 is 0 Å².